The van der Waals surface area contributed by atoms with Gasteiger partial charge in [-0.3, -0.25) is 9.59 Å². The second kappa shape index (κ2) is 6.02. The van der Waals surface area contributed by atoms with Crippen LogP contribution in [0, 0.1) is 23.7 Å². The largest absolute Gasteiger partial charge is 0.497 e. The molecule has 1 aliphatic heterocycles. The highest BCUT2D eigenvalue weighted by Gasteiger charge is 2.56. The maximum Gasteiger partial charge on any atom is 0.254 e. The molecule has 2 amide bonds. The van der Waals surface area contributed by atoms with Gasteiger partial charge in [0.1, 0.15) is 11.5 Å². The molecule has 0 spiro atoms. The van der Waals surface area contributed by atoms with Crippen molar-refractivity contribution in [3.05, 3.63) is 35.9 Å². The number of allylic oxidation sites excluding steroid dienone is 2. The molecule has 25 heavy (non-hydrogen) atoms. The Bertz CT molecular complexity index is 754. The molecule has 1 saturated carbocycles. The maximum absolute atomic E-state index is 12.7. The Morgan fingerprint density at radius 1 is 1.04 bits per heavy atom. The van der Waals surface area contributed by atoms with Gasteiger partial charge in [0.15, 0.2) is 0 Å². The highest BCUT2D eigenvalue weighted by molar-refractivity contribution is 6.06. The van der Waals surface area contributed by atoms with E-state index in [4.69, 9.17) is 9.47 Å². The molecule has 3 aliphatic carbocycles. The van der Waals surface area contributed by atoms with Crippen molar-refractivity contribution in [2.45, 2.75) is 12.8 Å². The van der Waals surface area contributed by atoms with Gasteiger partial charge in [-0.2, -0.15) is 10.1 Å². The summed E-state index contributed by atoms with van der Waals surface area (Å²) in [5, 5.41) is 5.25. The topological polar surface area (TPSA) is 68.2 Å². The summed E-state index contributed by atoms with van der Waals surface area (Å²) < 4.78 is 10.5. The van der Waals surface area contributed by atoms with E-state index < -0.39 is 0 Å². The Morgan fingerprint density at radius 2 is 1.68 bits per heavy atom. The summed E-state index contributed by atoms with van der Waals surface area (Å²) in [5.41, 5.74) is 0.651. The molecule has 4 atom stereocenters. The molecular weight excluding hydrogens is 320 g/mol. The molecular formula is C19H20N2O4. The molecule has 130 valence electrons. The number of rotatable bonds is 4. The molecule has 1 saturated heterocycles. The Balaban J connectivity index is 1.63. The number of hydrazone groups is 1. The zero-order valence-corrected chi connectivity index (χ0v) is 14.2. The number of amides is 2. The Morgan fingerprint density at radius 3 is 2.20 bits per heavy atom. The van der Waals surface area contributed by atoms with Crippen LogP contribution < -0.4 is 9.47 Å². The molecule has 6 nitrogen and oxygen atoms in total. The summed E-state index contributed by atoms with van der Waals surface area (Å²) in [6.07, 6.45) is 7.63. The quantitative estimate of drug-likeness (QED) is 0.479. The maximum atomic E-state index is 12.7. The van der Waals surface area contributed by atoms with Crippen LogP contribution in [-0.4, -0.2) is 37.3 Å². The van der Waals surface area contributed by atoms with Crippen molar-refractivity contribution in [3.8, 4) is 11.5 Å². The number of benzene rings is 1. The van der Waals surface area contributed by atoms with Crippen molar-refractivity contribution in [3.63, 3.8) is 0 Å². The van der Waals surface area contributed by atoms with Crippen LogP contribution >= 0.6 is 0 Å². The van der Waals surface area contributed by atoms with E-state index in [-0.39, 0.29) is 35.5 Å². The van der Waals surface area contributed by atoms with Gasteiger partial charge in [0, 0.05) is 5.56 Å². The average Bonchev–Trinajstić information content (AvgIpc) is 2.93. The van der Waals surface area contributed by atoms with Crippen molar-refractivity contribution in [2.75, 3.05) is 14.2 Å². The van der Waals surface area contributed by atoms with Crippen molar-refractivity contribution in [2.24, 2.45) is 28.8 Å². The van der Waals surface area contributed by atoms with Gasteiger partial charge in [-0.15, -0.1) is 0 Å². The standard InChI is InChI=1S/C19H20N2O4/c1-24-14-7-8-15(25-2)13(9-14)10-20-21-18(22)16-11-3-4-12(6-5-11)17(16)19(21)23/h3-4,7-12,16-17H,5-6H2,1-2H3. The second-order valence-electron chi connectivity index (χ2n) is 6.68. The third-order valence-corrected chi connectivity index (χ3v) is 5.49. The van der Waals surface area contributed by atoms with Crippen LogP contribution in [0.4, 0.5) is 0 Å². The molecule has 0 radical (unpaired) electrons. The van der Waals surface area contributed by atoms with E-state index in [1.807, 2.05) is 0 Å². The lowest BCUT2D eigenvalue weighted by atomic mass is 9.63. The van der Waals surface area contributed by atoms with Crippen molar-refractivity contribution in [1.29, 1.82) is 0 Å². The fourth-order valence-electron chi connectivity index (χ4n) is 4.23. The smallest absolute Gasteiger partial charge is 0.254 e. The van der Waals surface area contributed by atoms with Crippen molar-refractivity contribution < 1.29 is 19.1 Å². The van der Waals surface area contributed by atoms with Crippen LogP contribution in [0.15, 0.2) is 35.5 Å². The predicted molar refractivity (Wildman–Crippen MR) is 91.3 cm³/mol. The van der Waals surface area contributed by atoms with Crippen molar-refractivity contribution >= 4 is 18.0 Å². The number of ether oxygens (including phenoxy) is 2. The first-order chi connectivity index (χ1) is 12.1. The predicted octanol–water partition coefficient (Wildman–Crippen LogP) is 2.23. The van der Waals surface area contributed by atoms with E-state index in [1.54, 1.807) is 32.4 Å². The van der Waals surface area contributed by atoms with Gasteiger partial charge < -0.3 is 9.47 Å². The van der Waals surface area contributed by atoms with E-state index in [0.29, 0.717) is 17.1 Å². The molecule has 1 aromatic rings. The zero-order valence-electron chi connectivity index (χ0n) is 14.2. The SMILES string of the molecule is COc1ccc(OC)c(C=NN2C(=O)C3C4C=CC(CC4)C3C2=O)c1. The highest BCUT2D eigenvalue weighted by atomic mass is 16.5. The molecule has 4 unspecified atom stereocenters. The number of fused-ring (bicyclic) bond motifs is 1. The minimum absolute atomic E-state index is 0.165. The molecule has 1 heterocycles. The number of hydrogen-bond donors (Lipinski definition) is 0. The number of nitrogens with zero attached hydrogens (tertiary/aromatic N) is 2. The fraction of sp³-hybridized carbons (Fsp3) is 0.421. The summed E-state index contributed by atoms with van der Waals surface area (Å²) >= 11 is 0. The number of methoxy groups -OCH3 is 2. The van der Waals surface area contributed by atoms with Crippen LogP contribution in [0.1, 0.15) is 18.4 Å². The first-order valence-electron chi connectivity index (χ1n) is 8.46. The van der Waals surface area contributed by atoms with E-state index in [0.717, 1.165) is 17.9 Å². The summed E-state index contributed by atoms with van der Waals surface area (Å²) in [4.78, 5) is 25.5. The minimum Gasteiger partial charge on any atom is -0.497 e. The first-order valence-corrected chi connectivity index (χ1v) is 8.46. The molecule has 2 fully saturated rings. The Hall–Kier alpha value is -2.63. The summed E-state index contributed by atoms with van der Waals surface area (Å²) in [5.74, 6) is 0.705. The van der Waals surface area contributed by atoms with E-state index in [1.165, 1.54) is 6.21 Å². The molecule has 4 aliphatic rings. The molecule has 0 N–H and O–H groups in total. The van der Waals surface area contributed by atoms with Crippen LogP contribution in [0.2, 0.25) is 0 Å². The fourth-order valence-corrected chi connectivity index (χ4v) is 4.23. The molecule has 1 aromatic carbocycles. The average molecular weight is 340 g/mol. The first kappa shape index (κ1) is 15.9. The Labute approximate surface area is 146 Å². The van der Waals surface area contributed by atoms with Crippen LogP contribution in [0.25, 0.3) is 0 Å². The molecule has 2 bridgehead atoms. The van der Waals surface area contributed by atoms with Gasteiger partial charge in [0.25, 0.3) is 11.8 Å². The van der Waals surface area contributed by atoms with E-state index in [9.17, 15) is 9.59 Å². The van der Waals surface area contributed by atoms with Gasteiger partial charge in [-0.25, -0.2) is 0 Å². The summed E-state index contributed by atoms with van der Waals surface area (Å²) in [6, 6.07) is 5.30. The number of imide groups is 1. The third-order valence-electron chi connectivity index (χ3n) is 5.49. The lowest BCUT2D eigenvalue weighted by molar-refractivity contribution is -0.140. The number of hydrogen-bond acceptors (Lipinski definition) is 5. The van der Waals surface area contributed by atoms with E-state index >= 15 is 0 Å². The zero-order chi connectivity index (χ0) is 17.6. The van der Waals surface area contributed by atoms with Gasteiger partial charge in [-0.05, 0) is 42.9 Å². The number of carbonyl (C=O) groups excluding carboxylic acids is 2. The number of carbonyl (C=O) groups is 2. The molecule has 0 aromatic heterocycles. The second-order valence-corrected chi connectivity index (χ2v) is 6.68. The minimum atomic E-state index is -0.249. The summed E-state index contributed by atoms with van der Waals surface area (Å²) in [6.45, 7) is 0. The Kier molecular flexibility index (Phi) is 3.82. The van der Waals surface area contributed by atoms with Crippen molar-refractivity contribution in [1.82, 2.24) is 5.01 Å². The van der Waals surface area contributed by atoms with Crippen LogP contribution in [-0.2, 0) is 9.59 Å². The third kappa shape index (κ3) is 2.44. The molecule has 5 rings (SSSR count). The lowest BCUT2D eigenvalue weighted by Crippen LogP contribution is -2.38. The van der Waals surface area contributed by atoms with Gasteiger partial charge in [-0.1, -0.05) is 12.2 Å². The molecule has 6 heteroatoms. The lowest BCUT2D eigenvalue weighted by Gasteiger charge is -2.37. The highest BCUT2D eigenvalue weighted by Crippen LogP contribution is 2.49. The normalized spacial score (nSPS) is 30.2. The van der Waals surface area contributed by atoms with E-state index in [2.05, 4.69) is 17.3 Å². The van der Waals surface area contributed by atoms with Crippen LogP contribution in [0.3, 0.4) is 0 Å². The summed E-state index contributed by atoms with van der Waals surface area (Å²) in [7, 11) is 3.13. The van der Waals surface area contributed by atoms with Gasteiger partial charge in [0.05, 0.1) is 32.3 Å². The monoisotopic (exact) mass is 340 g/mol. The van der Waals surface area contributed by atoms with Gasteiger partial charge in [0.2, 0.25) is 0 Å². The van der Waals surface area contributed by atoms with Gasteiger partial charge >= 0.3 is 0 Å². The van der Waals surface area contributed by atoms with Crippen LogP contribution in [0.5, 0.6) is 11.5 Å².